The molecule has 0 aliphatic rings. The lowest BCUT2D eigenvalue weighted by atomic mass is 9.83. The molecule has 2 aromatic carbocycles. The molecular weight excluding hydrogens is 319 g/mol. The van der Waals surface area contributed by atoms with E-state index in [2.05, 4.69) is 10.3 Å². The first-order valence-electron chi connectivity index (χ1n) is 8.24. The van der Waals surface area contributed by atoms with Crippen molar-refractivity contribution in [2.45, 2.75) is 26.2 Å². The van der Waals surface area contributed by atoms with E-state index in [9.17, 15) is 9.18 Å². The molecule has 0 atom stereocenters. The lowest BCUT2D eigenvalue weighted by molar-refractivity contribution is -0.120. The SMILES string of the molecule is CCOc1ccccc1NC(=O)C(C)(C)c1c[nH]c2ccc(F)cc12. The Bertz CT molecular complexity index is 915. The molecule has 0 aliphatic carbocycles. The van der Waals surface area contributed by atoms with Crippen LogP contribution < -0.4 is 10.1 Å². The first-order chi connectivity index (χ1) is 11.9. The molecule has 3 aromatic rings. The molecule has 0 radical (unpaired) electrons. The summed E-state index contributed by atoms with van der Waals surface area (Å²) < 4.78 is 19.2. The number of carbonyl (C=O) groups is 1. The zero-order valence-corrected chi connectivity index (χ0v) is 14.5. The number of benzene rings is 2. The second-order valence-electron chi connectivity index (χ2n) is 6.40. The predicted octanol–water partition coefficient (Wildman–Crippen LogP) is 4.62. The highest BCUT2D eigenvalue weighted by Gasteiger charge is 2.32. The van der Waals surface area contributed by atoms with E-state index in [0.717, 1.165) is 11.1 Å². The van der Waals surface area contributed by atoms with Gasteiger partial charge in [-0.1, -0.05) is 12.1 Å². The lowest BCUT2D eigenvalue weighted by Gasteiger charge is -2.24. The first kappa shape index (κ1) is 17.0. The topological polar surface area (TPSA) is 54.1 Å². The van der Waals surface area contributed by atoms with Gasteiger partial charge in [0.25, 0.3) is 0 Å². The number of rotatable bonds is 5. The average Bonchev–Trinajstić information content (AvgIpc) is 3.00. The summed E-state index contributed by atoms with van der Waals surface area (Å²) in [5.41, 5.74) is 1.31. The lowest BCUT2D eigenvalue weighted by Crippen LogP contribution is -2.34. The first-order valence-corrected chi connectivity index (χ1v) is 8.24. The van der Waals surface area contributed by atoms with Crippen LogP contribution in [0.1, 0.15) is 26.3 Å². The van der Waals surface area contributed by atoms with E-state index in [-0.39, 0.29) is 11.7 Å². The van der Waals surface area contributed by atoms with Gasteiger partial charge >= 0.3 is 0 Å². The van der Waals surface area contributed by atoms with Crippen LogP contribution in [0.25, 0.3) is 10.9 Å². The Morgan fingerprint density at radius 1 is 1.24 bits per heavy atom. The molecule has 0 saturated heterocycles. The summed E-state index contributed by atoms with van der Waals surface area (Å²) >= 11 is 0. The van der Waals surface area contributed by atoms with Crippen LogP contribution in [0, 0.1) is 5.82 Å². The molecule has 0 saturated carbocycles. The minimum absolute atomic E-state index is 0.190. The normalized spacial score (nSPS) is 11.5. The Balaban J connectivity index is 1.94. The summed E-state index contributed by atoms with van der Waals surface area (Å²) in [6.45, 7) is 6.04. The number of fused-ring (bicyclic) bond motifs is 1. The molecular formula is C20H21FN2O2. The molecule has 0 unspecified atom stereocenters. The van der Waals surface area contributed by atoms with Crippen LogP contribution in [0.2, 0.25) is 0 Å². The molecule has 3 rings (SSSR count). The number of amides is 1. The number of carbonyl (C=O) groups excluding carboxylic acids is 1. The number of anilines is 1. The largest absolute Gasteiger partial charge is 0.492 e. The van der Waals surface area contributed by atoms with Crippen molar-refractivity contribution in [1.29, 1.82) is 0 Å². The predicted molar refractivity (Wildman–Crippen MR) is 97.5 cm³/mol. The molecule has 1 amide bonds. The maximum absolute atomic E-state index is 13.6. The smallest absolute Gasteiger partial charge is 0.234 e. The van der Waals surface area contributed by atoms with E-state index in [1.54, 1.807) is 18.3 Å². The number of aromatic nitrogens is 1. The van der Waals surface area contributed by atoms with Crippen molar-refractivity contribution in [1.82, 2.24) is 4.98 Å². The number of para-hydroxylation sites is 2. The van der Waals surface area contributed by atoms with E-state index in [1.165, 1.54) is 12.1 Å². The molecule has 0 bridgehead atoms. The number of nitrogens with one attached hydrogen (secondary N) is 2. The van der Waals surface area contributed by atoms with Gasteiger partial charge in [0.1, 0.15) is 11.6 Å². The fourth-order valence-corrected chi connectivity index (χ4v) is 2.86. The van der Waals surface area contributed by atoms with Gasteiger partial charge in [-0.25, -0.2) is 4.39 Å². The second kappa shape index (κ2) is 6.59. The van der Waals surface area contributed by atoms with Crippen molar-refractivity contribution >= 4 is 22.5 Å². The number of halogens is 1. The number of hydrogen-bond acceptors (Lipinski definition) is 2. The molecule has 25 heavy (non-hydrogen) atoms. The second-order valence-corrected chi connectivity index (χ2v) is 6.40. The standard InChI is InChI=1S/C20H21FN2O2/c1-4-25-18-8-6-5-7-17(18)23-19(24)20(2,3)15-12-22-16-10-9-13(21)11-14(15)16/h5-12,22H,4H2,1-3H3,(H,23,24). The monoisotopic (exact) mass is 340 g/mol. The van der Waals surface area contributed by atoms with Crippen LogP contribution in [0.15, 0.2) is 48.7 Å². The van der Waals surface area contributed by atoms with Gasteiger partial charge in [-0.2, -0.15) is 0 Å². The zero-order valence-electron chi connectivity index (χ0n) is 14.5. The van der Waals surface area contributed by atoms with E-state index in [0.29, 0.717) is 23.4 Å². The quantitative estimate of drug-likeness (QED) is 0.712. The minimum atomic E-state index is -0.856. The minimum Gasteiger partial charge on any atom is -0.492 e. The Kier molecular flexibility index (Phi) is 4.49. The molecule has 1 aromatic heterocycles. The van der Waals surface area contributed by atoms with Gasteiger partial charge < -0.3 is 15.0 Å². The molecule has 1 heterocycles. The summed E-state index contributed by atoms with van der Waals surface area (Å²) in [7, 11) is 0. The molecule has 4 nitrogen and oxygen atoms in total. The third-order valence-electron chi connectivity index (χ3n) is 4.32. The zero-order chi connectivity index (χ0) is 18.0. The van der Waals surface area contributed by atoms with Crippen molar-refractivity contribution in [3.63, 3.8) is 0 Å². The van der Waals surface area contributed by atoms with E-state index >= 15 is 0 Å². The van der Waals surface area contributed by atoms with Gasteiger partial charge in [-0.3, -0.25) is 4.79 Å². The van der Waals surface area contributed by atoms with Gasteiger partial charge in [0.15, 0.2) is 0 Å². The van der Waals surface area contributed by atoms with Crippen LogP contribution >= 0.6 is 0 Å². The van der Waals surface area contributed by atoms with Crippen LogP contribution in [0.3, 0.4) is 0 Å². The van der Waals surface area contributed by atoms with E-state index < -0.39 is 5.41 Å². The number of aromatic amines is 1. The maximum Gasteiger partial charge on any atom is 0.234 e. The van der Waals surface area contributed by atoms with Crippen molar-refractivity contribution in [2.24, 2.45) is 0 Å². The number of ether oxygens (including phenoxy) is 1. The summed E-state index contributed by atoms with van der Waals surface area (Å²) in [6.07, 6.45) is 1.76. The van der Waals surface area contributed by atoms with Crippen LogP contribution in [-0.2, 0) is 10.2 Å². The number of hydrogen-bond donors (Lipinski definition) is 2. The fraction of sp³-hybridized carbons (Fsp3) is 0.250. The highest BCUT2D eigenvalue weighted by Crippen LogP contribution is 2.33. The maximum atomic E-state index is 13.6. The van der Waals surface area contributed by atoms with Gasteiger partial charge in [0.05, 0.1) is 17.7 Å². The molecule has 130 valence electrons. The van der Waals surface area contributed by atoms with Gasteiger partial charge in [0.2, 0.25) is 5.91 Å². The van der Waals surface area contributed by atoms with Gasteiger partial charge in [-0.05, 0) is 56.7 Å². The van der Waals surface area contributed by atoms with Crippen molar-refractivity contribution in [3.8, 4) is 5.75 Å². The van der Waals surface area contributed by atoms with Crippen LogP contribution in [-0.4, -0.2) is 17.5 Å². The number of H-pyrrole nitrogens is 1. The Morgan fingerprint density at radius 2 is 2.00 bits per heavy atom. The molecule has 0 spiro atoms. The van der Waals surface area contributed by atoms with Gasteiger partial charge in [-0.15, -0.1) is 0 Å². The van der Waals surface area contributed by atoms with E-state index in [1.807, 2.05) is 39.0 Å². The van der Waals surface area contributed by atoms with Gasteiger partial charge in [0, 0.05) is 17.1 Å². The van der Waals surface area contributed by atoms with Crippen molar-refractivity contribution in [3.05, 3.63) is 60.0 Å². The average molecular weight is 340 g/mol. The van der Waals surface area contributed by atoms with Crippen LogP contribution in [0.5, 0.6) is 5.75 Å². The Labute approximate surface area is 146 Å². The fourth-order valence-electron chi connectivity index (χ4n) is 2.86. The summed E-state index contributed by atoms with van der Waals surface area (Å²) in [5.74, 6) is 0.107. The summed E-state index contributed by atoms with van der Waals surface area (Å²) in [4.78, 5) is 16.0. The van der Waals surface area contributed by atoms with Crippen molar-refractivity contribution in [2.75, 3.05) is 11.9 Å². The summed E-state index contributed by atoms with van der Waals surface area (Å²) in [5, 5.41) is 3.64. The molecule has 0 aliphatic heterocycles. The Morgan fingerprint density at radius 3 is 2.76 bits per heavy atom. The van der Waals surface area contributed by atoms with Crippen LogP contribution in [0.4, 0.5) is 10.1 Å². The molecule has 2 N–H and O–H groups in total. The molecule has 0 fully saturated rings. The highest BCUT2D eigenvalue weighted by atomic mass is 19.1. The summed E-state index contributed by atoms with van der Waals surface area (Å²) in [6, 6.07) is 11.8. The molecule has 5 heteroatoms. The third kappa shape index (κ3) is 3.22. The van der Waals surface area contributed by atoms with Crippen molar-refractivity contribution < 1.29 is 13.9 Å². The third-order valence-corrected chi connectivity index (χ3v) is 4.32. The Hall–Kier alpha value is -2.82. The van der Waals surface area contributed by atoms with E-state index in [4.69, 9.17) is 4.74 Å². The highest BCUT2D eigenvalue weighted by molar-refractivity contribution is 6.02.